The van der Waals surface area contributed by atoms with Crippen LogP contribution in [0.3, 0.4) is 0 Å². The zero-order valence-electron chi connectivity index (χ0n) is 16.8. The third kappa shape index (κ3) is 5.47. The molecule has 2 aromatic rings. The Morgan fingerprint density at radius 1 is 1.31 bits per heavy atom. The number of hydrogen-bond donors (Lipinski definition) is 3. The molecule has 0 atom stereocenters. The lowest BCUT2D eigenvalue weighted by Crippen LogP contribution is -2.40. The molecule has 1 aliphatic rings. The first kappa shape index (κ1) is 21.6. The predicted octanol–water partition coefficient (Wildman–Crippen LogP) is 3.67. The number of rotatable bonds is 8. The molecule has 3 rings (SSSR count). The van der Waals surface area contributed by atoms with E-state index in [9.17, 15) is 4.79 Å². The van der Waals surface area contributed by atoms with Crippen LogP contribution in [0.15, 0.2) is 18.3 Å². The van der Waals surface area contributed by atoms with Gasteiger partial charge in [-0.25, -0.2) is 4.98 Å². The Labute approximate surface area is 184 Å². The van der Waals surface area contributed by atoms with Gasteiger partial charge in [0.05, 0.1) is 23.4 Å². The average molecular weight is 511 g/mol. The maximum atomic E-state index is 12.0. The van der Waals surface area contributed by atoms with Gasteiger partial charge in [0.2, 0.25) is 11.9 Å². The molecule has 0 bridgehead atoms. The fraction of sp³-hybridized carbons (Fsp3) is 0.450. The molecular formula is C20H26IN5O3. The van der Waals surface area contributed by atoms with Gasteiger partial charge in [-0.2, -0.15) is 4.98 Å². The average Bonchev–Trinajstić information content (AvgIpc) is 2.62. The highest BCUT2D eigenvalue weighted by atomic mass is 127. The van der Waals surface area contributed by atoms with Crippen LogP contribution >= 0.6 is 22.6 Å². The van der Waals surface area contributed by atoms with Crippen molar-refractivity contribution in [3.05, 3.63) is 27.5 Å². The van der Waals surface area contributed by atoms with Gasteiger partial charge in [-0.15, -0.1) is 0 Å². The molecule has 4 N–H and O–H groups in total. The monoisotopic (exact) mass is 511 g/mol. The van der Waals surface area contributed by atoms with Crippen LogP contribution in [0.1, 0.15) is 44.6 Å². The Kier molecular flexibility index (Phi) is 7.12. The smallest absolute Gasteiger partial charge is 0.240 e. The van der Waals surface area contributed by atoms with E-state index in [1.165, 1.54) is 12.6 Å². The lowest BCUT2D eigenvalue weighted by molar-refractivity contribution is -0.115. The van der Waals surface area contributed by atoms with Crippen molar-refractivity contribution in [3.63, 3.8) is 0 Å². The highest BCUT2D eigenvalue weighted by Crippen LogP contribution is 2.37. The Bertz CT molecular complexity index is 887. The van der Waals surface area contributed by atoms with E-state index in [-0.39, 0.29) is 30.1 Å². The molecule has 0 saturated heterocycles. The van der Waals surface area contributed by atoms with Gasteiger partial charge in [0.15, 0.2) is 11.6 Å². The zero-order chi connectivity index (χ0) is 21.0. The summed E-state index contributed by atoms with van der Waals surface area (Å²) in [6.07, 6.45) is 4.92. The quantitative estimate of drug-likeness (QED) is 0.464. The molecule has 1 aromatic heterocycles. The number of nitrogens with two attached hydrogens (primary N) is 1. The number of ether oxygens (including phenoxy) is 2. The zero-order valence-corrected chi connectivity index (χ0v) is 18.9. The third-order valence-electron chi connectivity index (χ3n) is 4.82. The summed E-state index contributed by atoms with van der Waals surface area (Å²) < 4.78 is 12.3. The van der Waals surface area contributed by atoms with Crippen LogP contribution in [-0.2, 0) is 4.79 Å². The van der Waals surface area contributed by atoms with E-state index in [0.717, 1.165) is 27.7 Å². The van der Waals surface area contributed by atoms with Crippen LogP contribution in [0.5, 0.6) is 17.2 Å². The van der Waals surface area contributed by atoms with Crippen LogP contribution in [0.25, 0.3) is 0 Å². The number of carbonyl (C=O) groups excluding carboxylic acids is 1. The van der Waals surface area contributed by atoms with Crippen molar-refractivity contribution in [2.75, 3.05) is 24.7 Å². The van der Waals surface area contributed by atoms with Crippen molar-refractivity contribution >= 4 is 40.3 Å². The van der Waals surface area contributed by atoms with Gasteiger partial charge in [-0.1, -0.05) is 20.3 Å². The summed E-state index contributed by atoms with van der Waals surface area (Å²) in [6.45, 7) is 4.38. The largest absolute Gasteiger partial charge is 0.496 e. The third-order valence-corrected chi connectivity index (χ3v) is 5.66. The maximum Gasteiger partial charge on any atom is 0.240 e. The number of benzene rings is 1. The molecule has 156 valence electrons. The van der Waals surface area contributed by atoms with Crippen LogP contribution in [0, 0.1) is 3.57 Å². The molecule has 8 nitrogen and oxygen atoms in total. The number of hydrogen-bond acceptors (Lipinski definition) is 7. The van der Waals surface area contributed by atoms with Gasteiger partial charge in [0, 0.05) is 11.6 Å². The fourth-order valence-corrected chi connectivity index (χ4v) is 3.57. The number of nitrogen functional groups attached to an aromatic ring is 1. The Morgan fingerprint density at radius 2 is 2.07 bits per heavy atom. The topological polar surface area (TPSA) is 111 Å². The number of nitrogens with one attached hydrogen (secondary N) is 2. The van der Waals surface area contributed by atoms with Crippen LogP contribution in [0.4, 0.5) is 11.8 Å². The second kappa shape index (κ2) is 9.57. The van der Waals surface area contributed by atoms with Gasteiger partial charge in [0.25, 0.3) is 0 Å². The predicted molar refractivity (Wildman–Crippen MR) is 121 cm³/mol. The van der Waals surface area contributed by atoms with Crippen molar-refractivity contribution in [1.82, 2.24) is 15.3 Å². The summed E-state index contributed by atoms with van der Waals surface area (Å²) in [7, 11) is 1.64. The van der Waals surface area contributed by atoms with E-state index in [1.54, 1.807) is 7.11 Å². The summed E-state index contributed by atoms with van der Waals surface area (Å²) >= 11 is 2.19. The molecule has 9 heteroatoms. The van der Waals surface area contributed by atoms with Crippen molar-refractivity contribution in [2.24, 2.45) is 0 Å². The summed E-state index contributed by atoms with van der Waals surface area (Å²) in [6, 6.07) is 4.29. The number of methoxy groups -OCH3 is 1. The van der Waals surface area contributed by atoms with E-state index < -0.39 is 0 Å². The summed E-state index contributed by atoms with van der Waals surface area (Å²) in [5.74, 6) is 2.13. The first-order chi connectivity index (χ1) is 13.9. The molecule has 1 aliphatic carbocycles. The standard InChI is InChI=1S/C20H26IN5O3/c1-11(2)13-7-16(28-3)14(21)8-15(13)29-17-9-24-20(26-19(17)22)25-18(27)10-23-12-5-4-6-12/h7-9,11-12,23H,4-6,10H2,1-3H3,(H3,22,24,25,26,27). The van der Waals surface area contributed by atoms with E-state index in [4.69, 9.17) is 15.2 Å². The maximum absolute atomic E-state index is 12.0. The summed E-state index contributed by atoms with van der Waals surface area (Å²) in [4.78, 5) is 20.3. The van der Waals surface area contributed by atoms with Crippen LogP contribution < -0.4 is 25.8 Å². The van der Waals surface area contributed by atoms with Crippen molar-refractivity contribution in [3.8, 4) is 17.2 Å². The SMILES string of the molecule is COc1cc(C(C)C)c(Oc2cnc(NC(=O)CNC3CCC3)nc2N)cc1I. The molecule has 1 saturated carbocycles. The van der Waals surface area contributed by atoms with Crippen LogP contribution in [0.2, 0.25) is 0 Å². The van der Waals surface area contributed by atoms with E-state index >= 15 is 0 Å². The Morgan fingerprint density at radius 3 is 2.66 bits per heavy atom. The normalized spacial score (nSPS) is 13.8. The minimum atomic E-state index is -0.197. The van der Waals surface area contributed by atoms with E-state index in [0.29, 0.717) is 17.5 Å². The number of carbonyl (C=O) groups is 1. The second-order valence-electron chi connectivity index (χ2n) is 7.28. The number of nitrogens with zero attached hydrogens (tertiary/aromatic N) is 2. The van der Waals surface area contributed by atoms with E-state index in [2.05, 4.69) is 57.0 Å². The van der Waals surface area contributed by atoms with Crippen molar-refractivity contribution < 1.29 is 14.3 Å². The molecule has 0 radical (unpaired) electrons. The minimum Gasteiger partial charge on any atom is -0.496 e. The molecule has 0 unspecified atom stereocenters. The van der Waals surface area contributed by atoms with Crippen LogP contribution in [-0.4, -0.2) is 35.6 Å². The molecular weight excluding hydrogens is 485 g/mol. The number of aromatic nitrogens is 2. The highest BCUT2D eigenvalue weighted by Gasteiger charge is 2.19. The van der Waals surface area contributed by atoms with Crippen molar-refractivity contribution in [1.29, 1.82) is 0 Å². The summed E-state index contributed by atoms with van der Waals surface area (Å²) in [5, 5.41) is 5.85. The fourth-order valence-electron chi connectivity index (χ4n) is 2.91. The molecule has 1 aromatic carbocycles. The Hall–Kier alpha value is -2.14. The molecule has 29 heavy (non-hydrogen) atoms. The number of anilines is 2. The first-order valence-electron chi connectivity index (χ1n) is 9.58. The molecule has 0 aliphatic heterocycles. The molecule has 1 amide bonds. The Balaban J connectivity index is 1.70. The number of amides is 1. The molecule has 1 fully saturated rings. The minimum absolute atomic E-state index is 0.155. The van der Waals surface area contributed by atoms with Crippen molar-refractivity contribution in [2.45, 2.75) is 45.1 Å². The highest BCUT2D eigenvalue weighted by molar-refractivity contribution is 14.1. The molecule has 0 spiro atoms. The second-order valence-corrected chi connectivity index (χ2v) is 8.44. The van der Waals surface area contributed by atoms with Gasteiger partial charge in [-0.05, 0) is 53.5 Å². The lowest BCUT2D eigenvalue weighted by Gasteiger charge is -2.26. The van der Waals surface area contributed by atoms with E-state index in [1.807, 2.05) is 12.1 Å². The van der Waals surface area contributed by atoms with Gasteiger partial charge in [-0.3, -0.25) is 10.1 Å². The lowest BCUT2D eigenvalue weighted by atomic mass is 9.93. The first-order valence-corrected chi connectivity index (χ1v) is 10.7. The van der Waals surface area contributed by atoms with Gasteiger partial charge in [0.1, 0.15) is 11.5 Å². The molecule has 1 heterocycles. The van der Waals surface area contributed by atoms with Gasteiger partial charge < -0.3 is 20.5 Å². The number of halogens is 1. The van der Waals surface area contributed by atoms with Gasteiger partial charge >= 0.3 is 0 Å². The summed E-state index contributed by atoms with van der Waals surface area (Å²) in [5.41, 5.74) is 7.04.